The average Bonchev–Trinajstić information content (AvgIpc) is 2.57. The lowest BCUT2D eigenvalue weighted by molar-refractivity contribution is 0.194. The molecule has 0 heterocycles. The van der Waals surface area contributed by atoms with Crippen LogP contribution >= 0.6 is 0 Å². The molecule has 0 aliphatic heterocycles. The molecule has 0 fully saturated rings. The van der Waals surface area contributed by atoms with Crippen molar-refractivity contribution in [2.24, 2.45) is 0 Å². The van der Waals surface area contributed by atoms with E-state index in [1.165, 1.54) is 0 Å². The predicted molar refractivity (Wildman–Crippen MR) is 90.6 cm³/mol. The first kappa shape index (κ1) is 18.9. The number of rotatable bonds is 10. The average molecular weight is 324 g/mol. The van der Waals surface area contributed by atoms with E-state index >= 15 is 0 Å². The van der Waals surface area contributed by atoms with Gasteiger partial charge in [-0.2, -0.15) is 0 Å². The van der Waals surface area contributed by atoms with Crippen LogP contribution in [-0.2, 0) is 0 Å². The first-order chi connectivity index (χ1) is 11.2. The Kier molecular flexibility index (Phi) is 8.72. The number of urea groups is 1. The fraction of sp³-hybridized carbons (Fsp3) is 0.588. The molecule has 0 spiro atoms. The zero-order chi connectivity index (χ0) is 17.1. The Balaban J connectivity index is 2.47. The SMILES string of the molecule is CCCN(CCC)C(=O)NCCOc1cccc(OC)c1OC. The van der Waals surface area contributed by atoms with E-state index in [-0.39, 0.29) is 6.03 Å². The van der Waals surface area contributed by atoms with Gasteiger partial charge in [0.25, 0.3) is 0 Å². The van der Waals surface area contributed by atoms with Gasteiger partial charge < -0.3 is 24.4 Å². The monoisotopic (exact) mass is 324 g/mol. The number of methoxy groups -OCH3 is 2. The summed E-state index contributed by atoms with van der Waals surface area (Å²) in [6, 6.07) is 5.40. The van der Waals surface area contributed by atoms with E-state index in [1.807, 2.05) is 17.0 Å². The molecule has 0 bridgehead atoms. The number of hydrogen-bond donors (Lipinski definition) is 1. The minimum absolute atomic E-state index is 0.0464. The van der Waals surface area contributed by atoms with Gasteiger partial charge in [0.15, 0.2) is 11.5 Å². The van der Waals surface area contributed by atoms with Gasteiger partial charge in [-0.05, 0) is 25.0 Å². The quantitative estimate of drug-likeness (QED) is 0.672. The van der Waals surface area contributed by atoms with Crippen LogP contribution in [0.4, 0.5) is 4.79 Å². The molecule has 6 nitrogen and oxygen atoms in total. The first-order valence-corrected chi connectivity index (χ1v) is 8.04. The van der Waals surface area contributed by atoms with Crippen molar-refractivity contribution in [3.63, 3.8) is 0 Å². The molecular weight excluding hydrogens is 296 g/mol. The van der Waals surface area contributed by atoms with Crippen molar-refractivity contribution < 1.29 is 19.0 Å². The summed E-state index contributed by atoms with van der Waals surface area (Å²) < 4.78 is 16.2. The Hall–Kier alpha value is -2.11. The van der Waals surface area contributed by atoms with Crippen LogP contribution in [0.3, 0.4) is 0 Å². The molecule has 0 aliphatic carbocycles. The molecule has 23 heavy (non-hydrogen) atoms. The number of amides is 2. The number of nitrogens with one attached hydrogen (secondary N) is 1. The molecule has 1 rings (SSSR count). The van der Waals surface area contributed by atoms with Gasteiger partial charge >= 0.3 is 6.03 Å². The van der Waals surface area contributed by atoms with E-state index in [0.29, 0.717) is 30.4 Å². The highest BCUT2D eigenvalue weighted by Crippen LogP contribution is 2.36. The van der Waals surface area contributed by atoms with Crippen LogP contribution in [0.2, 0.25) is 0 Å². The highest BCUT2D eigenvalue weighted by Gasteiger charge is 2.12. The Morgan fingerprint density at radius 3 is 2.30 bits per heavy atom. The van der Waals surface area contributed by atoms with E-state index in [4.69, 9.17) is 14.2 Å². The second kappa shape index (κ2) is 10.6. The third kappa shape index (κ3) is 5.88. The van der Waals surface area contributed by atoms with Crippen LogP contribution in [0.1, 0.15) is 26.7 Å². The van der Waals surface area contributed by atoms with Gasteiger partial charge in [0.2, 0.25) is 5.75 Å². The zero-order valence-electron chi connectivity index (χ0n) is 14.6. The maximum absolute atomic E-state index is 12.1. The summed E-state index contributed by atoms with van der Waals surface area (Å²) >= 11 is 0. The number of nitrogens with zero attached hydrogens (tertiary/aromatic N) is 1. The highest BCUT2D eigenvalue weighted by molar-refractivity contribution is 5.74. The van der Waals surface area contributed by atoms with E-state index in [9.17, 15) is 4.79 Å². The third-order valence-corrected chi connectivity index (χ3v) is 3.28. The standard InChI is InChI=1S/C17H28N2O4/c1-5-11-19(12-6-2)17(20)18-10-13-23-15-9-7-8-14(21-3)16(15)22-4/h7-9H,5-6,10-13H2,1-4H3,(H,18,20). The van der Waals surface area contributed by atoms with Gasteiger partial charge in [-0.15, -0.1) is 0 Å². The van der Waals surface area contributed by atoms with E-state index in [2.05, 4.69) is 19.2 Å². The van der Waals surface area contributed by atoms with E-state index in [0.717, 1.165) is 25.9 Å². The summed E-state index contributed by atoms with van der Waals surface area (Å²) in [6.45, 7) is 6.46. The van der Waals surface area contributed by atoms with Gasteiger partial charge in [0.05, 0.1) is 20.8 Å². The van der Waals surface area contributed by atoms with Crippen LogP contribution in [-0.4, -0.2) is 51.4 Å². The number of hydrogen-bond acceptors (Lipinski definition) is 4. The summed E-state index contributed by atoms with van der Waals surface area (Å²) in [7, 11) is 3.15. The van der Waals surface area contributed by atoms with Gasteiger partial charge in [-0.1, -0.05) is 19.9 Å². The van der Waals surface area contributed by atoms with Crippen LogP contribution in [0.5, 0.6) is 17.2 Å². The number of ether oxygens (including phenoxy) is 3. The smallest absolute Gasteiger partial charge is 0.317 e. The number of carbonyl (C=O) groups excluding carboxylic acids is 1. The van der Waals surface area contributed by atoms with Crippen molar-refractivity contribution in [1.82, 2.24) is 10.2 Å². The molecule has 2 amide bonds. The van der Waals surface area contributed by atoms with Crippen LogP contribution in [0.15, 0.2) is 18.2 Å². The van der Waals surface area contributed by atoms with Crippen molar-refractivity contribution in [1.29, 1.82) is 0 Å². The predicted octanol–water partition coefficient (Wildman–Crippen LogP) is 2.91. The second-order valence-corrected chi connectivity index (χ2v) is 5.06. The fourth-order valence-electron chi connectivity index (χ4n) is 2.26. The van der Waals surface area contributed by atoms with Gasteiger partial charge in [-0.25, -0.2) is 4.79 Å². The molecule has 1 aromatic rings. The summed E-state index contributed by atoms with van der Waals surface area (Å²) in [5, 5.41) is 2.88. The Labute approximate surface area is 138 Å². The maximum atomic E-state index is 12.1. The Bertz CT molecular complexity index is 474. The molecule has 1 N–H and O–H groups in total. The van der Waals surface area contributed by atoms with E-state index < -0.39 is 0 Å². The van der Waals surface area contributed by atoms with Crippen molar-refractivity contribution in [2.45, 2.75) is 26.7 Å². The van der Waals surface area contributed by atoms with Gasteiger partial charge in [0.1, 0.15) is 6.61 Å². The second-order valence-electron chi connectivity index (χ2n) is 5.06. The number of carbonyl (C=O) groups is 1. The first-order valence-electron chi connectivity index (χ1n) is 8.04. The van der Waals surface area contributed by atoms with Crippen LogP contribution in [0, 0.1) is 0 Å². The minimum atomic E-state index is -0.0464. The Morgan fingerprint density at radius 2 is 1.74 bits per heavy atom. The molecule has 0 aromatic heterocycles. The molecule has 0 aliphatic rings. The maximum Gasteiger partial charge on any atom is 0.317 e. The topological polar surface area (TPSA) is 60.0 Å². The highest BCUT2D eigenvalue weighted by atomic mass is 16.5. The summed E-state index contributed by atoms with van der Waals surface area (Å²) in [5.74, 6) is 1.77. The van der Waals surface area contributed by atoms with Crippen molar-refractivity contribution in [3.8, 4) is 17.2 Å². The molecule has 0 saturated carbocycles. The molecule has 0 unspecified atom stereocenters. The van der Waals surface area contributed by atoms with Crippen LogP contribution < -0.4 is 19.5 Å². The zero-order valence-corrected chi connectivity index (χ0v) is 14.6. The largest absolute Gasteiger partial charge is 0.493 e. The normalized spacial score (nSPS) is 10.1. The minimum Gasteiger partial charge on any atom is -0.493 e. The van der Waals surface area contributed by atoms with Crippen molar-refractivity contribution >= 4 is 6.03 Å². The Morgan fingerprint density at radius 1 is 1.09 bits per heavy atom. The molecule has 1 aromatic carbocycles. The molecule has 130 valence electrons. The number of para-hydroxylation sites is 1. The van der Waals surface area contributed by atoms with E-state index in [1.54, 1.807) is 20.3 Å². The van der Waals surface area contributed by atoms with Gasteiger partial charge in [-0.3, -0.25) is 0 Å². The lowest BCUT2D eigenvalue weighted by Crippen LogP contribution is -2.42. The fourth-order valence-corrected chi connectivity index (χ4v) is 2.26. The van der Waals surface area contributed by atoms with Crippen molar-refractivity contribution in [2.75, 3.05) is 40.5 Å². The van der Waals surface area contributed by atoms with Crippen LogP contribution in [0.25, 0.3) is 0 Å². The molecule has 0 atom stereocenters. The summed E-state index contributed by atoms with van der Waals surface area (Å²) in [4.78, 5) is 13.9. The summed E-state index contributed by atoms with van der Waals surface area (Å²) in [6.07, 6.45) is 1.90. The lowest BCUT2D eigenvalue weighted by atomic mass is 10.3. The van der Waals surface area contributed by atoms with Crippen molar-refractivity contribution in [3.05, 3.63) is 18.2 Å². The molecular formula is C17H28N2O4. The molecule has 0 radical (unpaired) electrons. The number of benzene rings is 1. The molecule has 6 heteroatoms. The lowest BCUT2D eigenvalue weighted by Gasteiger charge is -2.22. The molecule has 0 saturated heterocycles. The third-order valence-electron chi connectivity index (χ3n) is 3.28. The van der Waals surface area contributed by atoms with Gasteiger partial charge in [0, 0.05) is 13.1 Å². The summed E-state index contributed by atoms with van der Waals surface area (Å²) in [5.41, 5.74) is 0.